The summed E-state index contributed by atoms with van der Waals surface area (Å²) in [6.45, 7) is 4.70. The Balaban J connectivity index is 1.82. The number of nitrogens with zero attached hydrogens (tertiary/aromatic N) is 2. The summed E-state index contributed by atoms with van der Waals surface area (Å²) in [7, 11) is 1.65. The molecule has 0 unspecified atom stereocenters. The van der Waals surface area contributed by atoms with E-state index < -0.39 is 11.4 Å². The predicted octanol–water partition coefficient (Wildman–Crippen LogP) is 4.14. The molecule has 152 valence electrons. The van der Waals surface area contributed by atoms with Gasteiger partial charge >= 0.3 is 5.97 Å². The molecule has 0 aliphatic carbocycles. The van der Waals surface area contributed by atoms with Gasteiger partial charge in [-0.2, -0.15) is 5.10 Å². The summed E-state index contributed by atoms with van der Waals surface area (Å²) in [4.78, 5) is 11.3. The van der Waals surface area contributed by atoms with E-state index in [0.29, 0.717) is 19.5 Å². The smallest absolute Gasteiger partial charge is 0.309 e. The van der Waals surface area contributed by atoms with E-state index in [1.165, 1.54) is 0 Å². The first-order valence-electron chi connectivity index (χ1n) is 9.63. The topological polar surface area (TPSA) is 76.4 Å². The lowest BCUT2D eigenvalue weighted by atomic mass is 9.90. The van der Waals surface area contributed by atoms with E-state index in [0.717, 1.165) is 28.3 Å². The molecule has 2 N–H and O–H groups in total. The zero-order valence-corrected chi connectivity index (χ0v) is 17.1. The number of ether oxygens (including phenoxy) is 1. The molecule has 6 heteroatoms. The van der Waals surface area contributed by atoms with E-state index in [-0.39, 0.29) is 0 Å². The van der Waals surface area contributed by atoms with Crippen LogP contribution in [0.1, 0.15) is 25.8 Å². The Labute approximate surface area is 171 Å². The van der Waals surface area contributed by atoms with Crippen LogP contribution in [0.15, 0.2) is 60.8 Å². The molecule has 1 heterocycles. The summed E-state index contributed by atoms with van der Waals surface area (Å²) in [5, 5.41) is 17.4. The van der Waals surface area contributed by atoms with Gasteiger partial charge in [0, 0.05) is 23.9 Å². The molecular weight excluding hydrogens is 366 g/mol. The Kier molecular flexibility index (Phi) is 6.34. The quantitative estimate of drug-likeness (QED) is 0.535. The van der Waals surface area contributed by atoms with Crippen molar-refractivity contribution in [3.63, 3.8) is 0 Å². The fourth-order valence-corrected chi connectivity index (χ4v) is 2.97. The molecule has 0 spiro atoms. The number of carbonyl (C=O) groups is 1. The number of aliphatic carboxylic acids is 1. The second-order valence-electron chi connectivity index (χ2n) is 7.63. The SMILES string of the molecule is COc1ccc(-c2nn(-c3ccccc3)cc2CNCCC(C)(C)C(=O)O)cc1. The van der Waals surface area contributed by atoms with Gasteiger partial charge in [0.2, 0.25) is 0 Å². The highest BCUT2D eigenvalue weighted by Crippen LogP contribution is 2.26. The van der Waals surface area contributed by atoms with Crippen molar-refractivity contribution in [1.29, 1.82) is 0 Å². The molecule has 1 aromatic heterocycles. The predicted molar refractivity (Wildman–Crippen MR) is 113 cm³/mol. The zero-order valence-electron chi connectivity index (χ0n) is 17.1. The van der Waals surface area contributed by atoms with Gasteiger partial charge < -0.3 is 15.2 Å². The van der Waals surface area contributed by atoms with Crippen molar-refractivity contribution in [1.82, 2.24) is 15.1 Å². The summed E-state index contributed by atoms with van der Waals surface area (Å²) in [5.41, 5.74) is 3.18. The van der Waals surface area contributed by atoms with Crippen molar-refractivity contribution in [2.45, 2.75) is 26.8 Å². The number of carboxylic acid groups (broad SMARTS) is 1. The molecule has 0 bridgehead atoms. The Morgan fingerprint density at radius 1 is 1.14 bits per heavy atom. The van der Waals surface area contributed by atoms with Crippen molar-refractivity contribution in [3.05, 3.63) is 66.4 Å². The minimum atomic E-state index is -0.782. The number of methoxy groups -OCH3 is 1. The van der Waals surface area contributed by atoms with Gasteiger partial charge in [0.25, 0.3) is 0 Å². The van der Waals surface area contributed by atoms with Crippen LogP contribution in [0.4, 0.5) is 0 Å². The molecule has 0 radical (unpaired) electrons. The molecular formula is C23H27N3O3. The molecule has 0 fully saturated rings. The number of hydrogen-bond acceptors (Lipinski definition) is 4. The molecule has 0 aliphatic rings. The van der Waals surface area contributed by atoms with E-state index >= 15 is 0 Å². The second kappa shape index (κ2) is 8.92. The lowest BCUT2D eigenvalue weighted by Crippen LogP contribution is -2.28. The number of para-hydroxylation sites is 1. The number of hydrogen-bond donors (Lipinski definition) is 2. The zero-order chi connectivity index (χ0) is 20.9. The van der Waals surface area contributed by atoms with Crippen LogP contribution in [-0.2, 0) is 11.3 Å². The van der Waals surface area contributed by atoms with Gasteiger partial charge in [0.05, 0.1) is 23.9 Å². The Hall–Kier alpha value is -3.12. The summed E-state index contributed by atoms with van der Waals surface area (Å²) in [6, 6.07) is 17.8. The lowest BCUT2D eigenvalue weighted by molar-refractivity contribution is -0.147. The van der Waals surface area contributed by atoms with Crippen molar-refractivity contribution in [2.24, 2.45) is 5.41 Å². The van der Waals surface area contributed by atoms with E-state index in [1.54, 1.807) is 21.0 Å². The molecule has 0 atom stereocenters. The minimum Gasteiger partial charge on any atom is -0.497 e. The fraction of sp³-hybridized carbons (Fsp3) is 0.304. The maximum Gasteiger partial charge on any atom is 0.309 e. The van der Waals surface area contributed by atoms with Gasteiger partial charge in [-0.3, -0.25) is 4.79 Å². The maximum absolute atomic E-state index is 11.3. The number of nitrogens with one attached hydrogen (secondary N) is 1. The van der Waals surface area contributed by atoms with Crippen LogP contribution in [0.25, 0.3) is 16.9 Å². The average molecular weight is 393 g/mol. The normalized spacial score (nSPS) is 11.4. The minimum absolute atomic E-state index is 0.549. The van der Waals surface area contributed by atoms with Crippen LogP contribution in [-0.4, -0.2) is 34.5 Å². The number of carboxylic acids is 1. The molecule has 3 aromatic rings. The summed E-state index contributed by atoms with van der Waals surface area (Å²) < 4.78 is 7.13. The van der Waals surface area contributed by atoms with E-state index in [9.17, 15) is 9.90 Å². The largest absolute Gasteiger partial charge is 0.497 e. The van der Waals surface area contributed by atoms with Crippen LogP contribution in [0.2, 0.25) is 0 Å². The van der Waals surface area contributed by atoms with Gasteiger partial charge in [0.1, 0.15) is 5.75 Å². The van der Waals surface area contributed by atoms with Crippen molar-refractivity contribution in [2.75, 3.05) is 13.7 Å². The Morgan fingerprint density at radius 3 is 2.45 bits per heavy atom. The highest BCUT2D eigenvalue weighted by atomic mass is 16.5. The standard InChI is InChI=1S/C23H27N3O3/c1-23(2,22(27)28)13-14-24-15-18-16-26(19-7-5-4-6-8-19)25-21(18)17-9-11-20(29-3)12-10-17/h4-12,16,24H,13-15H2,1-3H3,(H,27,28). The monoisotopic (exact) mass is 393 g/mol. The van der Waals surface area contributed by atoms with Gasteiger partial charge in [0.15, 0.2) is 0 Å². The summed E-state index contributed by atoms with van der Waals surface area (Å²) >= 11 is 0. The second-order valence-corrected chi connectivity index (χ2v) is 7.63. The van der Waals surface area contributed by atoms with Crippen LogP contribution < -0.4 is 10.1 Å². The molecule has 0 aliphatic heterocycles. The summed E-state index contributed by atoms with van der Waals surface area (Å²) in [6.07, 6.45) is 2.57. The van der Waals surface area contributed by atoms with E-state index in [1.807, 2.05) is 65.5 Å². The average Bonchev–Trinajstić information content (AvgIpc) is 3.16. The molecule has 0 saturated heterocycles. The lowest BCUT2D eigenvalue weighted by Gasteiger charge is -2.18. The number of aromatic nitrogens is 2. The third-order valence-corrected chi connectivity index (χ3v) is 5.00. The molecule has 29 heavy (non-hydrogen) atoms. The summed E-state index contributed by atoms with van der Waals surface area (Å²) in [5.74, 6) is 0.0157. The van der Waals surface area contributed by atoms with Crippen LogP contribution in [0.5, 0.6) is 5.75 Å². The Morgan fingerprint density at radius 2 is 1.83 bits per heavy atom. The van der Waals surface area contributed by atoms with Gasteiger partial charge in [-0.1, -0.05) is 18.2 Å². The van der Waals surface area contributed by atoms with E-state index in [4.69, 9.17) is 9.84 Å². The fourth-order valence-electron chi connectivity index (χ4n) is 2.97. The number of rotatable bonds is 9. The molecule has 0 saturated carbocycles. The first-order chi connectivity index (χ1) is 13.9. The third-order valence-electron chi connectivity index (χ3n) is 5.00. The first kappa shape index (κ1) is 20.6. The van der Waals surface area contributed by atoms with Crippen LogP contribution in [0, 0.1) is 5.41 Å². The van der Waals surface area contributed by atoms with Crippen molar-refractivity contribution < 1.29 is 14.6 Å². The maximum atomic E-state index is 11.3. The van der Waals surface area contributed by atoms with Gasteiger partial charge in [-0.25, -0.2) is 4.68 Å². The van der Waals surface area contributed by atoms with Crippen LogP contribution >= 0.6 is 0 Å². The van der Waals surface area contributed by atoms with Gasteiger partial charge in [-0.05, 0) is 63.2 Å². The van der Waals surface area contributed by atoms with Gasteiger partial charge in [-0.15, -0.1) is 0 Å². The highest BCUT2D eigenvalue weighted by Gasteiger charge is 2.26. The van der Waals surface area contributed by atoms with Crippen molar-refractivity contribution in [3.8, 4) is 22.7 Å². The van der Waals surface area contributed by atoms with Crippen molar-refractivity contribution >= 4 is 5.97 Å². The molecule has 0 amide bonds. The highest BCUT2D eigenvalue weighted by molar-refractivity contribution is 5.73. The number of benzene rings is 2. The molecule has 2 aromatic carbocycles. The molecule has 3 rings (SSSR count). The first-order valence-corrected chi connectivity index (χ1v) is 9.63. The molecule has 6 nitrogen and oxygen atoms in total. The van der Waals surface area contributed by atoms with E-state index in [2.05, 4.69) is 5.32 Å². The Bertz CT molecular complexity index is 947. The van der Waals surface area contributed by atoms with Crippen LogP contribution in [0.3, 0.4) is 0 Å². The third kappa shape index (κ3) is 5.03.